The molecule has 0 radical (unpaired) electrons. The number of hydrogen-bond donors (Lipinski definition) is 2. The molecule has 1 aromatic heterocycles. The first-order chi connectivity index (χ1) is 13.9. The van der Waals surface area contributed by atoms with Gasteiger partial charge in [0.05, 0.1) is 5.75 Å². The van der Waals surface area contributed by atoms with Crippen molar-refractivity contribution in [1.29, 1.82) is 0 Å². The number of aromatic nitrogens is 2. The molecule has 11 heteroatoms. The van der Waals surface area contributed by atoms with E-state index in [1.54, 1.807) is 13.2 Å². The van der Waals surface area contributed by atoms with Crippen molar-refractivity contribution in [2.75, 3.05) is 57.1 Å². The lowest BCUT2D eigenvalue weighted by molar-refractivity contribution is -0.118. The molecule has 2 heterocycles. The Kier molecular flexibility index (Phi) is 9.75. The van der Waals surface area contributed by atoms with Crippen LogP contribution in [0.5, 0.6) is 0 Å². The summed E-state index contributed by atoms with van der Waals surface area (Å²) in [6, 6.07) is 1.71. The molecular formula is C18H29ClN6O3S. The molecule has 1 aromatic rings. The van der Waals surface area contributed by atoms with Crippen LogP contribution in [0.2, 0.25) is 5.15 Å². The van der Waals surface area contributed by atoms with Crippen molar-refractivity contribution in [2.24, 2.45) is 0 Å². The Hall–Kier alpha value is -1.78. The first kappa shape index (κ1) is 23.5. The molecule has 29 heavy (non-hydrogen) atoms. The number of rotatable bonds is 9. The summed E-state index contributed by atoms with van der Waals surface area (Å²) in [4.78, 5) is 36.7. The summed E-state index contributed by atoms with van der Waals surface area (Å²) in [5.74, 6) is 0.838. The lowest BCUT2D eigenvalue weighted by Crippen LogP contribution is -2.56. The zero-order valence-electron chi connectivity index (χ0n) is 17.1. The van der Waals surface area contributed by atoms with Gasteiger partial charge in [-0.05, 0) is 20.3 Å². The Labute approximate surface area is 180 Å². The van der Waals surface area contributed by atoms with Crippen LogP contribution < -0.4 is 15.5 Å². The van der Waals surface area contributed by atoms with Crippen molar-refractivity contribution < 1.29 is 14.3 Å². The van der Waals surface area contributed by atoms with E-state index in [4.69, 9.17) is 16.3 Å². The Morgan fingerprint density at radius 2 is 2.14 bits per heavy atom. The monoisotopic (exact) mass is 444 g/mol. The van der Waals surface area contributed by atoms with Crippen molar-refractivity contribution in [3.05, 3.63) is 11.2 Å². The van der Waals surface area contributed by atoms with Crippen molar-refractivity contribution in [3.8, 4) is 0 Å². The second-order valence-electron chi connectivity index (χ2n) is 6.64. The fraction of sp³-hybridized carbons (Fsp3) is 0.667. The SMILES string of the molecule is CCNC(=O)N1CCN(c2cc(Cl)nc(SCC(=O)NCCCOC)n2)CC1C. The fourth-order valence-electron chi connectivity index (χ4n) is 2.96. The molecule has 3 amide bonds. The highest BCUT2D eigenvalue weighted by molar-refractivity contribution is 7.99. The van der Waals surface area contributed by atoms with Crippen LogP contribution in [0.3, 0.4) is 0 Å². The molecule has 0 aromatic carbocycles. The number of nitrogens with one attached hydrogen (secondary N) is 2. The van der Waals surface area contributed by atoms with Gasteiger partial charge in [-0.15, -0.1) is 0 Å². The van der Waals surface area contributed by atoms with Crippen LogP contribution in [0.25, 0.3) is 0 Å². The quantitative estimate of drug-likeness (QED) is 0.258. The highest BCUT2D eigenvalue weighted by Gasteiger charge is 2.28. The van der Waals surface area contributed by atoms with Gasteiger partial charge in [0.15, 0.2) is 5.16 Å². The van der Waals surface area contributed by atoms with Crippen LogP contribution in [0, 0.1) is 0 Å². The minimum atomic E-state index is -0.0830. The van der Waals surface area contributed by atoms with E-state index in [1.807, 2.05) is 18.7 Å². The van der Waals surface area contributed by atoms with E-state index in [9.17, 15) is 9.59 Å². The fourth-order valence-corrected chi connectivity index (χ4v) is 3.87. The molecule has 0 spiro atoms. The number of thioether (sulfide) groups is 1. The normalized spacial score (nSPS) is 16.6. The molecule has 1 atom stereocenters. The number of amides is 3. The number of ether oxygens (including phenoxy) is 1. The van der Waals surface area contributed by atoms with Gasteiger partial charge in [0, 0.05) is 58.5 Å². The summed E-state index contributed by atoms with van der Waals surface area (Å²) in [5, 5.41) is 6.46. The molecular weight excluding hydrogens is 416 g/mol. The van der Waals surface area contributed by atoms with E-state index in [1.165, 1.54) is 11.8 Å². The van der Waals surface area contributed by atoms with Crippen molar-refractivity contribution >= 4 is 41.1 Å². The molecule has 0 saturated carbocycles. The number of carbonyl (C=O) groups is 2. The molecule has 1 saturated heterocycles. The van der Waals surface area contributed by atoms with Gasteiger partial charge in [-0.1, -0.05) is 23.4 Å². The van der Waals surface area contributed by atoms with E-state index in [-0.39, 0.29) is 23.7 Å². The zero-order chi connectivity index (χ0) is 21.2. The number of anilines is 1. The van der Waals surface area contributed by atoms with E-state index >= 15 is 0 Å². The predicted octanol–water partition coefficient (Wildman–Crippen LogP) is 1.61. The largest absolute Gasteiger partial charge is 0.385 e. The third-order valence-corrected chi connectivity index (χ3v) is 5.42. The van der Waals surface area contributed by atoms with Crippen LogP contribution >= 0.6 is 23.4 Å². The molecule has 162 valence electrons. The molecule has 0 bridgehead atoms. The lowest BCUT2D eigenvalue weighted by atomic mass is 10.2. The molecule has 1 fully saturated rings. The summed E-state index contributed by atoms with van der Waals surface area (Å²) in [6.07, 6.45) is 0.769. The average molecular weight is 445 g/mol. The highest BCUT2D eigenvalue weighted by Crippen LogP contribution is 2.24. The van der Waals surface area contributed by atoms with Crippen LogP contribution in [0.4, 0.5) is 10.6 Å². The number of urea groups is 1. The van der Waals surface area contributed by atoms with E-state index < -0.39 is 0 Å². The van der Waals surface area contributed by atoms with Crippen LogP contribution in [0.1, 0.15) is 20.3 Å². The minimum Gasteiger partial charge on any atom is -0.385 e. The van der Waals surface area contributed by atoms with Crippen LogP contribution in [-0.2, 0) is 9.53 Å². The molecule has 1 unspecified atom stereocenters. The smallest absolute Gasteiger partial charge is 0.317 e. The van der Waals surface area contributed by atoms with Crippen molar-refractivity contribution in [2.45, 2.75) is 31.5 Å². The second kappa shape index (κ2) is 12.0. The third-order valence-electron chi connectivity index (χ3n) is 4.38. The maximum absolute atomic E-state index is 12.1. The Morgan fingerprint density at radius 3 is 2.83 bits per heavy atom. The molecule has 1 aliphatic rings. The Balaban J connectivity index is 1.92. The summed E-state index contributed by atoms with van der Waals surface area (Å²) < 4.78 is 4.96. The number of carbonyl (C=O) groups excluding carboxylic acids is 2. The summed E-state index contributed by atoms with van der Waals surface area (Å²) >= 11 is 7.43. The van der Waals surface area contributed by atoms with Gasteiger partial charge in [0.25, 0.3) is 0 Å². The van der Waals surface area contributed by atoms with Gasteiger partial charge in [-0.2, -0.15) is 0 Å². The maximum atomic E-state index is 12.1. The molecule has 2 N–H and O–H groups in total. The number of piperazine rings is 1. The minimum absolute atomic E-state index is 0.0398. The molecule has 0 aliphatic carbocycles. The van der Waals surface area contributed by atoms with Crippen LogP contribution in [-0.4, -0.2) is 85.0 Å². The van der Waals surface area contributed by atoms with Gasteiger partial charge in [0.2, 0.25) is 5.91 Å². The van der Waals surface area contributed by atoms with Gasteiger partial charge >= 0.3 is 6.03 Å². The van der Waals surface area contributed by atoms with E-state index in [0.29, 0.717) is 55.5 Å². The number of nitrogens with zero attached hydrogens (tertiary/aromatic N) is 4. The molecule has 9 nitrogen and oxygen atoms in total. The maximum Gasteiger partial charge on any atom is 0.317 e. The molecule has 2 rings (SSSR count). The topological polar surface area (TPSA) is 99.7 Å². The average Bonchev–Trinajstić information content (AvgIpc) is 2.69. The van der Waals surface area contributed by atoms with Gasteiger partial charge in [-0.25, -0.2) is 14.8 Å². The number of hydrogen-bond acceptors (Lipinski definition) is 7. The Morgan fingerprint density at radius 1 is 1.34 bits per heavy atom. The third kappa shape index (κ3) is 7.52. The summed E-state index contributed by atoms with van der Waals surface area (Å²) in [6.45, 7) is 7.60. The van der Waals surface area contributed by atoms with Gasteiger partial charge < -0.3 is 25.2 Å². The Bertz CT molecular complexity index is 696. The van der Waals surface area contributed by atoms with E-state index in [2.05, 4.69) is 25.5 Å². The lowest BCUT2D eigenvalue weighted by Gasteiger charge is -2.40. The first-order valence-corrected chi connectivity index (χ1v) is 11.0. The summed E-state index contributed by atoms with van der Waals surface area (Å²) in [7, 11) is 1.63. The van der Waals surface area contributed by atoms with E-state index in [0.717, 1.165) is 6.42 Å². The van der Waals surface area contributed by atoms with Crippen LogP contribution in [0.15, 0.2) is 11.2 Å². The highest BCUT2D eigenvalue weighted by atomic mass is 35.5. The number of methoxy groups -OCH3 is 1. The first-order valence-electron chi connectivity index (χ1n) is 9.67. The number of halogens is 1. The zero-order valence-corrected chi connectivity index (χ0v) is 18.7. The van der Waals surface area contributed by atoms with Crippen molar-refractivity contribution in [1.82, 2.24) is 25.5 Å². The van der Waals surface area contributed by atoms with Gasteiger partial charge in [-0.3, -0.25) is 4.79 Å². The van der Waals surface area contributed by atoms with Crippen molar-refractivity contribution in [3.63, 3.8) is 0 Å². The summed E-state index contributed by atoms with van der Waals surface area (Å²) in [5.41, 5.74) is 0. The molecule has 1 aliphatic heterocycles. The van der Waals surface area contributed by atoms with Gasteiger partial charge in [0.1, 0.15) is 11.0 Å². The predicted molar refractivity (Wildman–Crippen MR) is 115 cm³/mol. The second-order valence-corrected chi connectivity index (χ2v) is 7.97. The standard InChI is InChI=1S/C18H29ClN6O3S/c1-4-20-18(27)25-8-7-24(11-13(25)2)15-10-14(19)22-17(23-15)29-12-16(26)21-6-5-9-28-3/h10,13H,4-9,11-12H2,1-3H3,(H,20,27)(H,21,26).